The van der Waals surface area contributed by atoms with Crippen LogP contribution in [0.3, 0.4) is 0 Å². The van der Waals surface area contributed by atoms with E-state index in [1.54, 1.807) is 18.2 Å². The van der Waals surface area contributed by atoms with E-state index in [2.05, 4.69) is 10.6 Å². The molecule has 7 nitrogen and oxygen atoms in total. The highest BCUT2D eigenvalue weighted by Gasteiger charge is 2.10. The van der Waals surface area contributed by atoms with Gasteiger partial charge in [-0.3, -0.25) is 9.59 Å². The van der Waals surface area contributed by atoms with Crippen molar-refractivity contribution >= 4 is 27.3 Å². The maximum Gasteiger partial charge on any atom is 0.286 e. The molecule has 0 aliphatic heterocycles. The topological polar surface area (TPSA) is 105 Å². The highest BCUT2D eigenvalue weighted by Crippen LogP contribution is 2.15. The maximum absolute atomic E-state index is 11.8. The van der Waals surface area contributed by atoms with E-state index in [0.717, 1.165) is 6.26 Å². The Morgan fingerprint density at radius 2 is 1.96 bits per heavy atom. The third-order valence-corrected chi connectivity index (χ3v) is 4.04. The second kappa shape index (κ2) is 7.10. The third kappa shape index (κ3) is 4.96. The Balaban J connectivity index is 1.84. The van der Waals surface area contributed by atoms with Crippen LogP contribution < -0.4 is 10.6 Å². The Morgan fingerprint density at radius 3 is 2.61 bits per heavy atom. The number of carbonyl (C=O) groups excluding carboxylic acids is 2. The minimum atomic E-state index is -3.33. The number of anilines is 1. The molecule has 2 amide bonds. The first-order chi connectivity index (χ1) is 10.9. The molecule has 1 aromatic heterocycles. The van der Waals surface area contributed by atoms with Gasteiger partial charge in [-0.05, 0) is 30.3 Å². The number of benzene rings is 1. The Kier molecular flexibility index (Phi) is 5.17. The number of hydrogen-bond acceptors (Lipinski definition) is 5. The van der Waals surface area contributed by atoms with E-state index in [-0.39, 0.29) is 29.5 Å². The number of nitrogens with one attached hydrogen (secondary N) is 2. The Bertz CT molecular complexity index is 797. The molecule has 2 N–H and O–H groups in total. The van der Waals surface area contributed by atoms with Crippen LogP contribution in [0.25, 0.3) is 0 Å². The predicted octanol–water partition coefficient (Wildman–Crippen LogP) is 1.44. The first-order valence-corrected chi connectivity index (χ1v) is 8.67. The number of sulfone groups is 1. The van der Waals surface area contributed by atoms with Gasteiger partial charge in [0.15, 0.2) is 15.6 Å². The van der Waals surface area contributed by atoms with E-state index in [1.165, 1.54) is 24.5 Å². The lowest BCUT2D eigenvalue weighted by Gasteiger charge is -2.07. The molecule has 0 saturated heterocycles. The molecule has 0 aliphatic rings. The van der Waals surface area contributed by atoms with Gasteiger partial charge in [-0.2, -0.15) is 0 Å². The van der Waals surface area contributed by atoms with Crippen molar-refractivity contribution in [2.45, 2.75) is 11.3 Å². The van der Waals surface area contributed by atoms with E-state index in [4.69, 9.17) is 4.42 Å². The Morgan fingerprint density at radius 1 is 1.17 bits per heavy atom. The van der Waals surface area contributed by atoms with Crippen molar-refractivity contribution in [2.24, 2.45) is 0 Å². The molecule has 122 valence electrons. The van der Waals surface area contributed by atoms with E-state index in [9.17, 15) is 18.0 Å². The second-order valence-corrected chi connectivity index (χ2v) is 6.85. The van der Waals surface area contributed by atoms with Gasteiger partial charge in [-0.25, -0.2) is 8.42 Å². The van der Waals surface area contributed by atoms with Crippen LogP contribution in [0.4, 0.5) is 5.69 Å². The summed E-state index contributed by atoms with van der Waals surface area (Å²) in [6.07, 6.45) is 2.53. The fourth-order valence-electron chi connectivity index (χ4n) is 1.81. The standard InChI is InChI=1S/C15H16N2O5S/c1-23(20,21)12-5-2-4-11(10-12)17-14(18)7-8-16-15(19)13-6-3-9-22-13/h2-6,9-10H,7-8H2,1H3,(H,16,19)(H,17,18). The third-order valence-electron chi connectivity index (χ3n) is 2.93. The van der Waals surface area contributed by atoms with Crippen molar-refractivity contribution in [1.29, 1.82) is 0 Å². The summed E-state index contributed by atoms with van der Waals surface area (Å²) in [7, 11) is -3.33. The van der Waals surface area contributed by atoms with Crippen molar-refractivity contribution in [3.63, 3.8) is 0 Å². The molecule has 1 aromatic carbocycles. The number of hydrogen-bond donors (Lipinski definition) is 2. The van der Waals surface area contributed by atoms with Crippen LogP contribution in [0.15, 0.2) is 52.0 Å². The van der Waals surface area contributed by atoms with Gasteiger partial charge in [0, 0.05) is 24.9 Å². The lowest BCUT2D eigenvalue weighted by Crippen LogP contribution is -2.27. The van der Waals surface area contributed by atoms with Crippen LogP contribution >= 0.6 is 0 Å². The molecule has 0 unspecified atom stereocenters. The molecule has 2 rings (SSSR count). The first kappa shape index (κ1) is 16.8. The van der Waals surface area contributed by atoms with E-state index in [0.29, 0.717) is 5.69 Å². The van der Waals surface area contributed by atoms with Crippen LogP contribution in [0.2, 0.25) is 0 Å². The van der Waals surface area contributed by atoms with Crippen LogP contribution in [0.1, 0.15) is 17.0 Å². The molecule has 0 aliphatic carbocycles. The average molecular weight is 336 g/mol. The lowest BCUT2D eigenvalue weighted by molar-refractivity contribution is -0.116. The zero-order valence-electron chi connectivity index (χ0n) is 12.4. The zero-order valence-corrected chi connectivity index (χ0v) is 13.2. The summed E-state index contributed by atoms with van der Waals surface area (Å²) in [5.74, 6) is -0.566. The van der Waals surface area contributed by atoms with E-state index in [1.807, 2.05) is 0 Å². The normalized spacial score (nSPS) is 11.0. The van der Waals surface area contributed by atoms with Gasteiger partial charge in [0.1, 0.15) is 0 Å². The molecule has 23 heavy (non-hydrogen) atoms. The SMILES string of the molecule is CS(=O)(=O)c1cccc(NC(=O)CCNC(=O)c2ccco2)c1. The van der Waals surface area contributed by atoms with Crippen molar-refractivity contribution in [2.75, 3.05) is 18.1 Å². The van der Waals surface area contributed by atoms with Gasteiger partial charge in [0.25, 0.3) is 5.91 Å². The molecule has 0 bridgehead atoms. The molecule has 0 saturated carbocycles. The van der Waals surface area contributed by atoms with Gasteiger partial charge in [0.2, 0.25) is 5.91 Å². The van der Waals surface area contributed by atoms with Crippen molar-refractivity contribution < 1.29 is 22.4 Å². The molecule has 1 heterocycles. The van der Waals surface area contributed by atoms with Gasteiger partial charge < -0.3 is 15.1 Å². The van der Waals surface area contributed by atoms with Crippen LogP contribution in [0, 0.1) is 0 Å². The van der Waals surface area contributed by atoms with E-state index < -0.39 is 15.7 Å². The molecular formula is C15H16N2O5S. The van der Waals surface area contributed by atoms with Gasteiger partial charge >= 0.3 is 0 Å². The molecule has 2 aromatic rings. The molecule has 0 fully saturated rings. The Hall–Kier alpha value is -2.61. The number of rotatable bonds is 6. The van der Waals surface area contributed by atoms with Crippen LogP contribution in [-0.4, -0.2) is 33.0 Å². The van der Waals surface area contributed by atoms with Crippen molar-refractivity contribution in [3.05, 3.63) is 48.4 Å². The number of furan rings is 1. The first-order valence-electron chi connectivity index (χ1n) is 6.78. The summed E-state index contributed by atoms with van der Waals surface area (Å²) in [6.45, 7) is 0.136. The van der Waals surface area contributed by atoms with Gasteiger partial charge in [-0.15, -0.1) is 0 Å². The van der Waals surface area contributed by atoms with Crippen LogP contribution in [0.5, 0.6) is 0 Å². The molecule has 0 spiro atoms. The minimum absolute atomic E-state index is 0.0511. The summed E-state index contributed by atoms with van der Waals surface area (Å²) in [5, 5.41) is 5.13. The summed E-state index contributed by atoms with van der Waals surface area (Å²) >= 11 is 0. The molecule has 0 radical (unpaired) electrons. The number of amides is 2. The summed E-state index contributed by atoms with van der Waals surface area (Å²) in [4.78, 5) is 23.5. The average Bonchev–Trinajstić information content (AvgIpc) is 3.00. The van der Waals surface area contributed by atoms with Gasteiger partial charge in [0.05, 0.1) is 11.2 Å². The smallest absolute Gasteiger partial charge is 0.286 e. The monoisotopic (exact) mass is 336 g/mol. The second-order valence-electron chi connectivity index (χ2n) is 4.83. The molecule has 8 heteroatoms. The number of carbonyl (C=O) groups is 2. The fraction of sp³-hybridized carbons (Fsp3) is 0.200. The Labute approximate surface area is 133 Å². The maximum atomic E-state index is 11.8. The lowest BCUT2D eigenvalue weighted by atomic mass is 10.3. The summed E-state index contributed by atoms with van der Waals surface area (Å²) in [6, 6.07) is 9.09. The minimum Gasteiger partial charge on any atom is -0.459 e. The highest BCUT2D eigenvalue weighted by molar-refractivity contribution is 7.90. The van der Waals surface area contributed by atoms with E-state index >= 15 is 0 Å². The summed E-state index contributed by atoms with van der Waals surface area (Å²) < 4.78 is 27.8. The quantitative estimate of drug-likeness (QED) is 0.830. The van der Waals surface area contributed by atoms with Gasteiger partial charge in [-0.1, -0.05) is 6.07 Å². The van der Waals surface area contributed by atoms with Crippen LogP contribution in [-0.2, 0) is 14.6 Å². The van der Waals surface area contributed by atoms with Crippen molar-refractivity contribution in [3.8, 4) is 0 Å². The highest BCUT2D eigenvalue weighted by atomic mass is 32.2. The molecule has 0 atom stereocenters. The molecular weight excluding hydrogens is 320 g/mol. The predicted molar refractivity (Wildman–Crippen MR) is 83.8 cm³/mol. The van der Waals surface area contributed by atoms with Crippen molar-refractivity contribution in [1.82, 2.24) is 5.32 Å². The summed E-state index contributed by atoms with van der Waals surface area (Å²) in [5.41, 5.74) is 0.385. The largest absolute Gasteiger partial charge is 0.459 e. The fourth-order valence-corrected chi connectivity index (χ4v) is 2.48. The zero-order chi connectivity index (χ0) is 16.9.